The number of sulfone groups is 1. The van der Waals surface area contributed by atoms with Crippen molar-refractivity contribution in [2.75, 3.05) is 12.8 Å². The average molecular weight is 315 g/mol. The maximum atomic E-state index is 11.2. The third-order valence-electron chi connectivity index (χ3n) is 3.90. The minimum Gasteiger partial charge on any atom is -0.339 e. The lowest BCUT2D eigenvalue weighted by Gasteiger charge is -2.31. The van der Waals surface area contributed by atoms with Crippen LogP contribution < -0.4 is 5.32 Å². The van der Waals surface area contributed by atoms with Gasteiger partial charge in [0.25, 0.3) is 0 Å². The maximum absolute atomic E-state index is 11.2. The van der Waals surface area contributed by atoms with Gasteiger partial charge < -0.3 is 9.84 Å². The van der Waals surface area contributed by atoms with Gasteiger partial charge in [-0.05, 0) is 31.7 Å². The quantitative estimate of drug-likeness (QED) is 0.824. The second kappa shape index (κ2) is 7.35. The highest BCUT2D eigenvalue weighted by molar-refractivity contribution is 7.89. The molecular formula is C14H25N3O3S. The molecule has 120 valence electrons. The molecule has 0 aliphatic heterocycles. The first-order valence-corrected chi connectivity index (χ1v) is 9.76. The van der Waals surface area contributed by atoms with Crippen molar-refractivity contribution in [2.45, 2.75) is 57.2 Å². The third kappa shape index (κ3) is 5.39. The lowest BCUT2D eigenvalue weighted by Crippen LogP contribution is -2.39. The van der Waals surface area contributed by atoms with E-state index in [1.807, 2.05) is 0 Å². The van der Waals surface area contributed by atoms with Crippen molar-refractivity contribution in [1.29, 1.82) is 0 Å². The molecule has 2 unspecified atom stereocenters. The number of hydrogen-bond donors (Lipinski definition) is 1. The molecule has 0 spiro atoms. The molecule has 0 bridgehead atoms. The second-order valence-corrected chi connectivity index (χ2v) is 8.12. The molecule has 2 atom stereocenters. The van der Waals surface area contributed by atoms with Crippen LogP contribution in [0.25, 0.3) is 0 Å². The van der Waals surface area contributed by atoms with Crippen molar-refractivity contribution < 1.29 is 12.9 Å². The number of nitrogens with one attached hydrogen (secondary N) is 1. The summed E-state index contributed by atoms with van der Waals surface area (Å²) in [4.78, 5) is 4.22. The van der Waals surface area contributed by atoms with E-state index in [1.54, 1.807) is 0 Å². The van der Waals surface area contributed by atoms with E-state index >= 15 is 0 Å². The van der Waals surface area contributed by atoms with Crippen molar-refractivity contribution >= 4 is 9.84 Å². The van der Waals surface area contributed by atoms with Gasteiger partial charge in [-0.1, -0.05) is 24.9 Å². The fraction of sp³-hybridized carbons (Fsp3) is 0.857. The van der Waals surface area contributed by atoms with E-state index in [-0.39, 0.29) is 11.6 Å². The molecule has 1 heterocycles. The normalized spacial score (nSPS) is 23.3. The summed E-state index contributed by atoms with van der Waals surface area (Å²) in [6, 6.07) is 0.504. The molecule has 0 aromatic carbocycles. The van der Waals surface area contributed by atoms with Gasteiger partial charge >= 0.3 is 0 Å². The van der Waals surface area contributed by atoms with Crippen LogP contribution in [0.1, 0.15) is 50.7 Å². The molecule has 0 saturated heterocycles. The van der Waals surface area contributed by atoms with E-state index in [0.717, 1.165) is 25.8 Å². The molecule has 7 heteroatoms. The largest absolute Gasteiger partial charge is 0.339 e. The van der Waals surface area contributed by atoms with Crippen LogP contribution in [0.4, 0.5) is 0 Å². The Morgan fingerprint density at radius 2 is 2.10 bits per heavy atom. The monoisotopic (exact) mass is 315 g/mol. The molecule has 6 nitrogen and oxygen atoms in total. The first-order valence-electron chi connectivity index (χ1n) is 7.70. The second-order valence-electron chi connectivity index (χ2n) is 5.98. The lowest BCUT2D eigenvalue weighted by atomic mass is 9.82. The molecule has 2 rings (SSSR count). The number of rotatable bonds is 7. The van der Waals surface area contributed by atoms with Crippen LogP contribution in [0.15, 0.2) is 4.52 Å². The Hall–Kier alpha value is -0.950. The Kier molecular flexibility index (Phi) is 5.75. The van der Waals surface area contributed by atoms with Crippen molar-refractivity contribution in [1.82, 2.24) is 15.5 Å². The van der Waals surface area contributed by atoms with Crippen molar-refractivity contribution in [3.63, 3.8) is 0 Å². The molecule has 1 fully saturated rings. The summed E-state index contributed by atoms with van der Waals surface area (Å²) in [5.74, 6) is 1.17. The SMILES string of the molecule is CCCNC1CCCCC1Cc1nc(CS(C)(=O)=O)no1. The molecule has 0 radical (unpaired) electrons. The fourth-order valence-electron chi connectivity index (χ4n) is 2.94. The van der Waals surface area contributed by atoms with E-state index in [1.165, 1.54) is 25.5 Å². The van der Waals surface area contributed by atoms with Crippen LogP contribution in [0, 0.1) is 5.92 Å². The standard InChI is InChI=1S/C14H25N3O3S/c1-3-8-15-12-7-5-4-6-11(12)9-14-16-13(17-20-14)10-21(2,18)19/h11-12,15H,3-10H2,1-2H3. The van der Waals surface area contributed by atoms with Crippen LogP contribution in [0.5, 0.6) is 0 Å². The Morgan fingerprint density at radius 3 is 2.81 bits per heavy atom. The smallest absolute Gasteiger partial charge is 0.227 e. The van der Waals surface area contributed by atoms with E-state index < -0.39 is 9.84 Å². The molecule has 1 saturated carbocycles. The Balaban J connectivity index is 1.95. The highest BCUT2D eigenvalue weighted by Crippen LogP contribution is 2.27. The summed E-state index contributed by atoms with van der Waals surface area (Å²) in [5.41, 5.74) is 0. The van der Waals surface area contributed by atoms with Gasteiger partial charge in [0.15, 0.2) is 15.7 Å². The number of hydrogen-bond acceptors (Lipinski definition) is 6. The highest BCUT2D eigenvalue weighted by Gasteiger charge is 2.26. The summed E-state index contributed by atoms with van der Waals surface area (Å²) >= 11 is 0. The van der Waals surface area contributed by atoms with Crippen LogP contribution in [0.2, 0.25) is 0 Å². The molecule has 21 heavy (non-hydrogen) atoms. The molecule has 1 aromatic heterocycles. The summed E-state index contributed by atoms with van der Waals surface area (Å²) < 4.78 is 27.7. The third-order valence-corrected chi connectivity index (χ3v) is 4.69. The van der Waals surface area contributed by atoms with Gasteiger partial charge in [-0.15, -0.1) is 0 Å². The van der Waals surface area contributed by atoms with Crippen molar-refractivity contribution in [3.8, 4) is 0 Å². The van der Waals surface area contributed by atoms with Crippen molar-refractivity contribution in [3.05, 3.63) is 11.7 Å². The molecule has 1 aromatic rings. The maximum Gasteiger partial charge on any atom is 0.227 e. The molecule has 0 amide bonds. The van der Waals surface area contributed by atoms with Crippen LogP contribution in [-0.2, 0) is 22.0 Å². The zero-order valence-electron chi connectivity index (χ0n) is 12.8. The zero-order valence-corrected chi connectivity index (χ0v) is 13.7. The van der Waals surface area contributed by atoms with E-state index in [2.05, 4.69) is 22.4 Å². The number of nitrogens with zero attached hydrogens (tertiary/aromatic N) is 2. The van der Waals surface area contributed by atoms with E-state index in [9.17, 15) is 8.42 Å². The Bertz CT molecular complexity index is 541. The predicted molar refractivity (Wildman–Crippen MR) is 80.6 cm³/mol. The Morgan fingerprint density at radius 1 is 1.33 bits per heavy atom. The van der Waals surface area contributed by atoms with Gasteiger partial charge in [-0.3, -0.25) is 0 Å². The topological polar surface area (TPSA) is 85.1 Å². The van der Waals surface area contributed by atoms with Crippen molar-refractivity contribution in [2.24, 2.45) is 5.92 Å². The molecule has 1 aliphatic rings. The van der Waals surface area contributed by atoms with Crippen LogP contribution in [-0.4, -0.2) is 37.4 Å². The zero-order chi connectivity index (χ0) is 15.3. The van der Waals surface area contributed by atoms with Crippen LogP contribution in [0.3, 0.4) is 0 Å². The van der Waals surface area contributed by atoms with Gasteiger partial charge in [-0.2, -0.15) is 4.98 Å². The number of aromatic nitrogens is 2. The minimum atomic E-state index is -3.12. The average Bonchev–Trinajstić information content (AvgIpc) is 2.83. The van der Waals surface area contributed by atoms with E-state index in [4.69, 9.17) is 4.52 Å². The van der Waals surface area contributed by atoms with Crippen LogP contribution >= 0.6 is 0 Å². The fourth-order valence-corrected chi connectivity index (χ4v) is 3.53. The van der Waals surface area contributed by atoms with Gasteiger partial charge in [-0.25, -0.2) is 8.42 Å². The molecule has 1 N–H and O–H groups in total. The Labute approximate surface area is 126 Å². The first-order chi connectivity index (χ1) is 9.98. The first kappa shape index (κ1) is 16.4. The minimum absolute atomic E-state index is 0.154. The molecule has 1 aliphatic carbocycles. The van der Waals surface area contributed by atoms with Gasteiger partial charge in [0.2, 0.25) is 5.89 Å². The summed E-state index contributed by atoms with van der Waals surface area (Å²) in [6.45, 7) is 3.20. The van der Waals surface area contributed by atoms with Gasteiger partial charge in [0, 0.05) is 18.7 Å². The summed E-state index contributed by atoms with van der Waals surface area (Å²) in [7, 11) is -3.12. The summed E-state index contributed by atoms with van der Waals surface area (Å²) in [6.07, 6.45) is 7.88. The highest BCUT2D eigenvalue weighted by atomic mass is 32.2. The predicted octanol–water partition coefficient (Wildman–Crippen LogP) is 1.72. The summed E-state index contributed by atoms with van der Waals surface area (Å²) in [5, 5.41) is 7.37. The lowest BCUT2D eigenvalue weighted by molar-refractivity contribution is 0.240. The van der Waals surface area contributed by atoms with Gasteiger partial charge in [0.1, 0.15) is 5.75 Å². The van der Waals surface area contributed by atoms with E-state index in [0.29, 0.717) is 17.9 Å². The molecular weight excluding hydrogens is 290 g/mol. The van der Waals surface area contributed by atoms with Gasteiger partial charge in [0.05, 0.1) is 0 Å².